The fourth-order valence-corrected chi connectivity index (χ4v) is 3.16. The van der Waals surface area contributed by atoms with Crippen molar-refractivity contribution in [1.82, 2.24) is 14.9 Å². The van der Waals surface area contributed by atoms with Gasteiger partial charge in [0.2, 0.25) is 0 Å². The molecule has 1 saturated heterocycles. The molecule has 2 aromatic rings. The van der Waals surface area contributed by atoms with E-state index in [2.05, 4.69) is 32.7 Å². The second-order valence-electron chi connectivity index (χ2n) is 5.88. The maximum atomic E-state index is 12.1. The number of hydrogen-bond donors (Lipinski definition) is 0. The summed E-state index contributed by atoms with van der Waals surface area (Å²) in [4.78, 5) is 25.1. The summed E-state index contributed by atoms with van der Waals surface area (Å²) >= 11 is 3.52. The van der Waals surface area contributed by atoms with Gasteiger partial charge in [0.15, 0.2) is 0 Å². The van der Waals surface area contributed by atoms with Gasteiger partial charge in [-0.05, 0) is 35.0 Å². The van der Waals surface area contributed by atoms with Crippen LogP contribution in [0.1, 0.15) is 17.3 Å². The first-order valence-electron chi connectivity index (χ1n) is 7.50. The van der Waals surface area contributed by atoms with Crippen molar-refractivity contribution in [2.45, 2.75) is 13.0 Å². The summed E-state index contributed by atoms with van der Waals surface area (Å²) in [5.41, 5.74) is 2.06. The van der Waals surface area contributed by atoms with Crippen LogP contribution in [0.4, 0.5) is 5.82 Å². The number of rotatable bonds is 2. The second kappa shape index (κ2) is 6.41. The third-order valence-electron chi connectivity index (χ3n) is 3.81. The van der Waals surface area contributed by atoms with E-state index in [0.29, 0.717) is 17.7 Å². The number of aromatic nitrogens is 2. The van der Waals surface area contributed by atoms with Crippen molar-refractivity contribution in [3.05, 3.63) is 28.4 Å². The number of ether oxygens (including phenoxy) is 1. The molecule has 23 heavy (non-hydrogen) atoms. The number of morpholine rings is 1. The largest absolute Gasteiger partial charge is 0.375 e. The zero-order valence-electron chi connectivity index (χ0n) is 13.4. The molecule has 0 N–H and O–H groups in total. The Labute approximate surface area is 143 Å². The maximum Gasteiger partial charge on any atom is 0.253 e. The van der Waals surface area contributed by atoms with Gasteiger partial charge in [0, 0.05) is 37.2 Å². The van der Waals surface area contributed by atoms with Crippen molar-refractivity contribution >= 4 is 38.7 Å². The van der Waals surface area contributed by atoms with Crippen LogP contribution in [0.25, 0.3) is 11.0 Å². The summed E-state index contributed by atoms with van der Waals surface area (Å²) in [5.74, 6) is 0.778. The smallest absolute Gasteiger partial charge is 0.253 e. The van der Waals surface area contributed by atoms with Gasteiger partial charge in [0.05, 0.1) is 24.4 Å². The lowest BCUT2D eigenvalue weighted by Gasteiger charge is -2.31. The fraction of sp³-hybridized carbons (Fsp3) is 0.438. The van der Waals surface area contributed by atoms with Crippen LogP contribution in [0, 0.1) is 0 Å². The van der Waals surface area contributed by atoms with Crippen LogP contribution >= 0.6 is 15.9 Å². The molecule has 1 aliphatic rings. The van der Waals surface area contributed by atoms with Gasteiger partial charge in [-0.25, -0.2) is 4.98 Å². The van der Waals surface area contributed by atoms with Crippen LogP contribution in [-0.2, 0) is 4.74 Å². The Morgan fingerprint density at radius 1 is 1.43 bits per heavy atom. The van der Waals surface area contributed by atoms with E-state index in [9.17, 15) is 4.79 Å². The van der Waals surface area contributed by atoms with Gasteiger partial charge < -0.3 is 14.5 Å². The molecule has 1 atom stereocenters. The van der Waals surface area contributed by atoms with Gasteiger partial charge in [-0.3, -0.25) is 9.78 Å². The topological polar surface area (TPSA) is 58.6 Å². The van der Waals surface area contributed by atoms with Crippen molar-refractivity contribution in [1.29, 1.82) is 0 Å². The average Bonchev–Trinajstić information content (AvgIpc) is 2.53. The van der Waals surface area contributed by atoms with Crippen molar-refractivity contribution in [3.8, 4) is 0 Å². The minimum atomic E-state index is -0.0551. The number of carbonyl (C=O) groups is 1. The van der Waals surface area contributed by atoms with Gasteiger partial charge in [-0.15, -0.1) is 0 Å². The van der Waals surface area contributed by atoms with Gasteiger partial charge in [-0.1, -0.05) is 0 Å². The number of amides is 1. The van der Waals surface area contributed by atoms with Crippen LogP contribution in [0.2, 0.25) is 0 Å². The highest BCUT2D eigenvalue weighted by molar-refractivity contribution is 9.10. The number of nitrogens with zero attached hydrogens (tertiary/aromatic N) is 4. The van der Waals surface area contributed by atoms with E-state index >= 15 is 0 Å². The van der Waals surface area contributed by atoms with Crippen LogP contribution in [0.5, 0.6) is 0 Å². The highest BCUT2D eigenvalue weighted by atomic mass is 79.9. The van der Waals surface area contributed by atoms with Gasteiger partial charge >= 0.3 is 0 Å². The van der Waals surface area contributed by atoms with Gasteiger partial charge in [0.25, 0.3) is 5.91 Å². The number of carbonyl (C=O) groups excluding carboxylic acids is 1. The number of anilines is 1. The Bertz CT molecular complexity index is 750. The van der Waals surface area contributed by atoms with Crippen molar-refractivity contribution in [2.24, 2.45) is 0 Å². The predicted molar refractivity (Wildman–Crippen MR) is 92.9 cm³/mol. The first-order valence-corrected chi connectivity index (χ1v) is 8.29. The molecule has 1 aromatic carbocycles. The molecule has 7 heteroatoms. The Morgan fingerprint density at radius 3 is 2.91 bits per heavy atom. The van der Waals surface area contributed by atoms with E-state index in [4.69, 9.17) is 9.72 Å². The molecule has 2 heterocycles. The Kier molecular flexibility index (Phi) is 4.50. The van der Waals surface area contributed by atoms with Crippen LogP contribution < -0.4 is 4.90 Å². The Morgan fingerprint density at radius 2 is 2.22 bits per heavy atom. The van der Waals surface area contributed by atoms with E-state index in [1.807, 2.05) is 0 Å². The summed E-state index contributed by atoms with van der Waals surface area (Å²) < 4.78 is 6.34. The lowest BCUT2D eigenvalue weighted by molar-refractivity contribution is 0.0529. The zero-order valence-corrected chi connectivity index (χ0v) is 15.0. The van der Waals surface area contributed by atoms with Crippen LogP contribution in [0.15, 0.2) is 22.8 Å². The molecule has 3 rings (SSSR count). The summed E-state index contributed by atoms with van der Waals surface area (Å²) in [7, 11) is 3.46. The number of fused-ring (bicyclic) bond motifs is 1. The fourth-order valence-electron chi connectivity index (χ4n) is 2.62. The molecule has 1 amide bonds. The minimum absolute atomic E-state index is 0.0551. The molecule has 1 aromatic heterocycles. The average molecular weight is 379 g/mol. The summed E-state index contributed by atoms with van der Waals surface area (Å²) in [5, 5.41) is 0. The molecule has 0 saturated carbocycles. The predicted octanol–water partition coefficient (Wildman–Crippen LogP) is 2.32. The van der Waals surface area contributed by atoms with Crippen molar-refractivity contribution < 1.29 is 9.53 Å². The maximum absolute atomic E-state index is 12.1. The van der Waals surface area contributed by atoms with Crippen molar-refractivity contribution in [2.75, 3.05) is 38.7 Å². The van der Waals surface area contributed by atoms with Gasteiger partial charge in [0.1, 0.15) is 11.3 Å². The van der Waals surface area contributed by atoms with E-state index in [-0.39, 0.29) is 12.0 Å². The van der Waals surface area contributed by atoms with E-state index < -0.39 is 0 Å². The number of benzene rings is 1. The summed E-state index contributed by atoms with van der Waals surface area (Å²) in [6, 6.07) is 3.58. The zero-order chi connectivity index (χ0) is 16.6. The molecule has 1 aliphatic heterocycles. The number of hydrogen-bond acceptors (Lipinski definition) is 5. The van der Waals surface area contributed by atoms with E-state index in [1.54, 1.807) is 37.3 Å². The lowest BCUT2D eigenvalue weighted by atomic mass is 10.1. The standard InChI is InChI=1S/C16H19BrN4O2/c1-10-9-21(4-5-23-10)14-8-18-13-7-11(16(22)20(2)3)6-12(17)15(13)19-14/h6-8,10H,4-5,9H2,1-3H3/t10-/m1/s1. The highest BCUT2D eigenvalue weighted by Crippen LogP contribution is 2.26. The molecule has 1 fully saturated rings. The highest BCUT2D eigenvalue weighted by Gasteiger charge is 2.19. The Balaban J connectivity index is 1.99. The summed E-state index contributed by atoms with van der Waals surface area (Å²) in [6.45, 7) is 4.35. The first-order chi connectivity index (χ1) is 11.0. The Hall–Kier alpha value is -1.73. The molecular formula is C16H19BrN4O2. The number of halogens is 1. The third-order valence-corrected chi connectivity index (χ3v) is 4.41. The monoisotopic (exact) mass is 378 g/mol. The lowest BCUT2D eigenvalue weighted by Crippen LogP contribution is -2.41. The van der Waals surface area contributed by atoms with E-state index in [0.717, 1.165) is 28.9 Å². The normalized spacial score (nSPS) is 18.3. The molecule has 0 spiro atoms. The quantitative estimate of drug-likeness (QED) is 0.802. The van der Waals surface area contributed by atoms with Gasteiger partial charge in [-0.2, -0.15) is 0 Å². The van der Waals surface area contributed by atoms with Crippen molar-refractivity contribution in [3.63, 3.8) is 0 Å². The van der Waals surface area contributed by atoms with E-state index in [1.165, 1.54) is 0 Å². The first kappa shape index (κ1) is 16.1. The third kappa shape index (κ3) is 3.30. The molecule has 0 unspecified atom stereocenters. The SMILES string of the molecule is C[C@@H]1CN(c2cnc3cc(C(=O)N(C)C)cc(Br)c3n2)CCO1. The molecule has 0 bridgehead atoms. The van der Waals surface area contributed by atoms with Crippen LogP contribution in [-0.4, -0.2) is 60.7 Å². The molecule has 0 radical (unpaired) electrons. The van der Waals surface area contributed by atoms with Crippen LogP contribution in [0.3, 0.4) is 0 Å². The minimum Gasteiger partial charge on any atom is -0.375 e. The second-order valence-corrected chi connectivity index (χ2v) is 6.74. The molecule has 122 valence electrons. The molecular weight excluding hydrogens is 360 g/mol. The molecule has 6 nitrogen and oxygen atoms in total. The molecule has 0 aliphatic carbocycles. The summed E-state index contributed by atoms with van der Waals surface area (Å²) in [6.07, 6.45) is 1.95.